The van der Waals surface area contributed by atoms with Crippen molar-refractivity contribution in [3.8, 4) is 11.3 Å². The van der Waals surface area contributed by atoms with Crippen molar-refractivity contribution < 1.29 is 4.79 Å². The van der Waals surface area contributed by atoms with E-state index in [-0.39, 0.29) is 12.5 Å². The number of benzene rings is 1. The molecule has 0 aliphatic rings. The number of hydrogen-bond acceptors (Lipinski definition) is 4. The highest BCUT2D eigenvalue weighted by atomic mass is 35.5. The van der Waals surface area contributed by atoms with Crippen LogP contribution in [0.4, 0.5) is 0 Å². The van der Waals surface area contributed by atoms with Gasteiger partial charge in [0, 0.05) is 48.2 Å². The number of aryl methyl sites for hydroxylation is 1. The van der Waals surface area contributed by atoms with Crippen LogP contribution < -0.4 is 5.73 Å². The Bertz CT molecular complexity index is 1010. The van der Waals surface area contributed by atoms with Crippen molar-refractivity contribution in [1.29, 1.82) is 0 Å². The van der Waals surface area contributed by atoms with E-state index in [0.29, 0.717) is 28.1 Å². The molecule has 0 bridgehead atoms. The molecule has 0 saturated carbocycles. The molecule has 0 unspecified atom stereocenters. The minimum absolute atomic E-state index is 0.151. The molecule has 2 aromatic heterocycles. The highest BCUT2D eigenvalue weighted by Gasteiger charge is 2.21. The maximum Gasteiger partial charge on any atom is 0.273 e. The monoisotopic (exact) mass is 405 g/mol. The lowest BCUT2D eigenvalue weighted by atomic mass is 10.0. The van der Waals surface area contributed by atoms with Gasteiger partial charge in [-0.15, -0.1) is 0 Å². The molecule has 27 heavy (non-hydrogen) atoms. The van der Waals surface area contributed by atoms with Gasteiger partial charge in [0.25, 0.3) is 5.91 Å². The van der Waals surface area contributed by atoms with Crippen LogP contribution in [-0.4, -0.2) is 38.8 Å². The second-order valence-electron chi connectivity index (χ2n) is 6.38. The molecule has 0 aliphatic heterocycles. The SMILES string of the molecule is CCCN(C)C(=O)c1cn2c(-c3ccc(Cl)cc3Cl)c(CN)c(C)nc2n1. The first-order valence-corrected chi connectivity index (χ1v) is 9.42. The van der Waals surface area contributed by atoms with Crippen LogP contribution in [0.25, 0.3) is 17.0 Å². The van der Waals surface area contributed by atoms with E-state index in [1.807, 2.05) is 19.9 Å². The molecule has 1 amide bonds. The van der Waals surface area contributed by atoms with Gasteiger partial charge in [-0.25, -0.2) is 9.97 Å². The van der Waals surface area contributed by atoms with Crippen molar-refractivity contribution >= 4 is 34.9 Å². The second-order valence-corrected chi connectivity index (χ2v) is 7.22. The lowest BCUT2D eigenvalue weighted by molar-refractivity contribution is 0.0790. The van der Waals surface area contributed by atoms with E-state index in [1.165, 1.54) is 0 Å². The van der Waals surface area contributed by atoms with Gasteiger partial charge in [-0.3, -0.25) is 9.20 Å². The van der Waals surface area contributed by atoms with Gasteiger partial charge in [-0.1, -0.05) is 30.1 Å². The van der Waals surface area contributed by atoms with Gasteiger partial charge in [0.05, 0.1) is 10.7 Å². The third-order valence-electron chi connectivity index (χ3n) is 4.43. The van der Waals surface area contributed by atoms with Crippen molar-refractivity contribution in [1.82, 2.24) is 19.3 Å². The summed E-state index contributed by atoms with van der Waals surface area (Å²) in [5, 5.41) is 1.04. The third kappa shape index (κ3) is 3.65. The summed E-state index contributed by atoms with van der Waals surface area (Å²) in [4.78, 5) is 23.3. The molecule has 0 radical (unpaired) electrons. The fourth-order valence-electron chi connectivity index (χ4n) is 3.10. The average molecular weight is 406 g/mol. The lowest BCUT2D eigenvalue weighted by Gasteiger charge is -2.15. The summed E-state index contributed by atoms with van der Waals surface area (Å²) in [6, 6.07) is 5.28. The summed E-state index contributed by atoms with van der Waals surface area (Å²) >= 11 is 12.5. The number of amides is 1. The highest BCUT2D eigenvalue weighted by Crippen LogP contribution is 2.34. The van der Waals surface area contributed by atoms with Crippen molar-refractivity contribution in [2.75, 3.05) is 13.6 Å². The third-order valence-corrected chi connectivity index (χ3v) is 4.98. The summed E-state index contributed by atoms with van der Waals surface area (Å²) in [6.45, 7) is 4.82. The molecule has 0 aliphatic carbocycles. The molecule has 0 saturated heterocycles. The summed E-state index contributed by atoms with van der Waals surface area (Å²) in [5.41, 5.74) is 9.44. The molecule has 0 fully saturated rings. The summed E-state index contributed by atoms with van der Waals surface area (Å²) in [5.74, 6) is 0.279. The van der Waals surface area contributed by atoms with Crippen LogP contribution in [0.3, 0.4) is 0 Å². The first kappa shape index (κ1) is 19.6. The number of nitrogens with zero attached hydrogens (tertiary/aromatic N) is 4. The van der Waals surface area contributed by atoms with Crippen LogP contribution in [-0.2, 0) is 6.54 Å². The standard InChI is InChI=1S/C19H21Cl2N5O/c1-4-7-25(3)18(27)16-10-26-17(13-6-5-12(20)8-15(13)21)14(9-22)11(2)23-19(26)24-16/h5-6,8,10H,4,7,9,22H2,1-3H3. The Balaban J connectivity index is 2.26. The zero-order valence-electron chi connectivity index (χ0n) is 15.5. The van der Waals surface area contributed by atoms with Gasteiger partial charge in [-0.05, 0) is 31.5 Å². The number of carbonyl (C=O) groups is 1. The zero-order chi connectivity index (χ0) is 19.7. The predicted molar refractivity (Wildman–Crippen MR) is 108 cm³/mol. The van der Waals surface area contributed by atoms with E-state index in [0.717, 1.165) is 28.9 Å². The topological polar surface area (TPSA) is 76.5 Å². The fraction of sp³-hybridized carbons (Fsp3) is 0.316. The van der Waals surface area contributed by atoms with Crippen LogP contribution in [0, 0.1) is 6.92 Å². The van der Waals surface area contributed by atoms with E-state index in [4.69, 9.17) is 28.9 Å². The van der Waals surface area contributed by atoms with E-state index in [9.17, 15) is 4.79 Å². The van der Waals surface area contributed by atoms with Gasteiger partial charge in [-0.2, -0.15) is 0 Å². The van der Waals surface area contributed by atoms with Crippen LogP contribution >= 0.6 is 23.2 Å². The second kappa shape index (κ2) is 7.84. The maximum absolute atomic E-state index is 12.7. The van der Waals surface area contributed by atoms with Crippen LogP contribution in [0.15, 0.2) is 24.4 Å². The Kier molecular flexibility index (Phi) is 5.69. The lowest BCUT2D eigenvalue weighted by Crippen LogP contribution is -2.27. The number of hydrogen-bond donors (Lipinski definition) is 1. The molecule has 1 aromatic carbocycles. The summed E-state index contributed by atoms with van der Waals surface area (Å²) in [6.07, 6.45) is 2.56. The van der Waals surface area contributed by atoms with Crippen LogP contribution in [0.2, 0.25) is 10.0 Å². The number of nitrogens with two attached hydrogens (primary N) is 1. The Morgan fingerprint density at radius 3 is 2.67 bits per heavy atom. The summed E-state index contributed by atoms with van der Waals surface area (Å²) < 4.78 is 1.78. The van der Waals surface area contributed by atoms with Crippen molar-refractivity contribution in [2.24, 2.45) is 5.73 Å². The number of fused-ring (bicyclic) bond motifs is 1. The summed E-state index contributed by atoms with van der Waals surface area (Å²) in [7, 11) is 1.76. The Hall–Kier alpha value is -2.15. The minimum atomic E-state index is -0.151. The average Bonchev–Trinajstić information content (AvgIpc) is 3.04. The highest BCUT2D eigenvalue weighted by molar-refractivity contribution is 6.36. The number of imidazole rings is 1. The van der Waals surface area contributed by atoms with Gasteiger partial charge in [0.1, 0.15) is 5.69 Å². The predicted octanol–water partition coefficient (Wildman–Crippen LogP) is 3.95. The van der Waals surface area contributed by atoms with Crippen molar-refractivity contribution in [3.63, 3.8) is 0 Å². The van der Waals surface area contributed by atoms with Crippen molar-refractivity contribution in [3.05, 3.63) is 51.4 Å². The van der Waals surface area contributed by atoms with Crippen molar-refractivity contribution in [2.45, 2.75) is 26.8 Å². The first-order valence-electron chi connectivity index (χ1n) is 8.66. The molecule has 8 heteroatoms. The van der Waals surface area contributed by atoms with Gasteiger partial charge >= 0.3 is 0 Å². The fourth-order valence-corrected chi connectivity index (χ4v) is 3.60. The van der Waals surface area contributed by atoms with E-state index in [2.05, 4.69) is 9.97 Å². The van der Waals surface area contributed by atoms with Gasteiger partial charge in [0.2, 0.25) is 5.78 Å². The number of carbonyl (C=O) groups excluding carboxylic acids is 1. The molecular weight excluding hydrogens is 385 g/mol. The Morgan fingerprint density at radius 2 is 2.04 bits per heavy atom. The normalized spacial score (nSPS) is 11.2. The largest absolute Gasteiger partial charge is 0.340 e. The maximum atomic E-state index is 12.7. The molecular formula is C19H21Cl2N5O. The number of rotatable bonds is 5. The van der Waals surface area contributed by atoms with E-state index < -0.39 is 0 Å². The molecule has 3 rings (SSSR count). The molecule has 3 aromatic rings. The molecule has 6 nitrogen and oxygen atoms in total. The van der Waals surface area contributed by atoms with Gasteiger partial charge in [0.15, 0.2) is 0 Å². The Labute approximate surface area is 167 Å². The number of aromatic nitrogens is 3. The zero-order valence-corrected chi connectivity index (χ0v) is 17.0. The quantitative estimate of drug-likeness (QED) is 0.696. The minimum Gasteiger partial charge on any atom is -0.340 e. The van der Waals surface area contributed by atoms with E-state index >= 15 is 0 Å². The first-order chi connectivity index (χ1) is 12.9. The van der Waals surface area contributed by atoms with Gasteiger partial charge < -0.3 is 10.6 Å². The van der Waals surface area contributed by atoms with Crippen LogP contribution in [0.1, 0.15) is 35.1 Å². The number of halogens is 2. The molecule has 2 heterocycles. The Morgan fingerprint density at radius 1 is 1.30 bits per heavy atom. The van der Waals surface area contributed by atoms with Crippen LogP contribution in [0.5, 0.6) is 0 Å². The smallest absolute Gasteiger partial charge is 0.273 e. The molecule has 2 N–H and O–H groups in total. The molecule has 0 spiro atoms. The van der Waals surface area contributed by atoms with E-state index in [1.54, 1.807) is 34.7 Å². The molecule has 0 atom stereocenters. The molecule has 142 valence electrons.